The lowest BCUT2D eigenvalue weighted by molar-refractivity contribution is 0.152. The van der Waals surface area contributed by atoms with Crippen LogP contribution in [0.5, 0.6) is 5.75 Å². The maximum Gasteiger partial charge on any atom is 0.191 e. The number of hydrogen-bond acceptors (Lipinski definition) is 3. The van der Waals surface area contributed by atoms with Gasteiger partial charge in [0.15, 0.2) is 5.96 Å². The summed E-state index contributed by atoms with van der Waals surface area (Å²) in [5, 5.41) is 6.54. The molecule has 1 fully saturated rings. The molecule has 25 heavy (non-hydrogen) atoms. The van der Waals surface area contributed by atoms with E-state index in [-0.39, 0.29) is 24.0 Å². The second-order valence-corrected chi connectivity index (χ2v) is 6.07. The Labute approximate surface area is 169 Å². The predicted molar refractivity (Wildman–Crippen MR) is 114 cm³/mol. The summed E-state index contributed by atoms with van der Waals surface area (Å²) in [6.07, 6.45) is 6.71. The van der Waals surface area contributed by atoms with Gasteiger partial charge in [0.25, 0.3) is 0 Å². The average Bonchev–Trinajstić information content (AvgIpc) is 2.63. The number of aliphatic imine (C=N–C) groups is 1. The van der Waals surface area contributed by atoms with Gasteiger partial charge in [-0.15, -0.1) is 24.0 Å². The Kier molecular flexibility index (Phi) is 11.6. The van der Waals surface area contributed by atoms with Crippen molar-refractivity contribution in [3.8, 4) is 5.75 Å². The van der Waals surface area contributed by atoms with Gasteiger partial charge in [0.05, 0.1) is 12.7 Å². The van der Waals surface area contributed by atoms with E-state index >= 15 is 0 Å². The van der Waals surface area contributed by atoms with Crippen molar-refractivity contribution in [1.82, 2.24) is 10.6 Å². The molecule has 5 nitrogen and oxygen atoms in total. The fourth-order valence-electron chi connectivity index (χ4n) is 2.85. The molecule has 2 N–H and O–H groups in total. The van der Waals surface area contributed by atoms with Gasteiger partial charge in [0, 0.05) is 26.7 Å². The normalized spacial score (nSPS) is 15.4. The summed E-state index contributed by atoms with van der Waals surface area (Å²) in [5.41, 5.74) is 1.21. The van der Waals surface area contributed by atoms with Crippen LogP contribution < -0.4 is 15.4 Å². The molecule has 0 amide bonds. The van der Waals surface area contributed by atoms with Crippen LogP contribution in [-0.2, 0) is 11.3 Å². The summed E-state index contributed by atoms with van der Waals surface area (Å²) in [4.78, 5) is 4.21. The van der Waals surface area contributed by atoms with Gasteiger partial charge in [-0.05, 0) is 50.3 Å². The molecule has 0 saturated heterocycles. The average molecular weight is 461 g/mol. The molecule has 142 valence electrons. The number of guanidine groups is 1. The monoisotopic (exact) mass is 461 g/mol. The van der Waals surface area contributed by atoms with E-state index in [0.29, 0.717) is 12.7 Å². The second kappa shape index (κ2) is 13.2. The Hall–Kier alpha value is -1.02. The molecule has 0 aliphatic heterocycles. The van der Waals surface area contributed by atoms with E-state index in [0.717, 1.165) is 31.4 Å². The Balaban J connectivity index is 0.00000312. The molecule has 0 aromatic heterocycles. The van der Waals surface area contributed by atoms with Gasteiger partial charge < -0.3 is 20.1 Å². The van der Waals surface area contributed by atoms with Crippen LogP contribution in [0.4, 0.5) is 0 Å². The van der Waals surface area contributed by atoms with Crippen LogP contribution in [0, 0.1) is 0 Å². The molecule has 0 atom stereocenters. The van der Waals surface area contributed by atoms with Gasteiger partial charge in [0.1, 0.15) is 5.75 Å². The van der Waals surface area contributed by atoms with Crippen molar-refractivity contribution in [2.45, 2.75) is 51.7 Å². The van der Waals surface area contributed by atoms with Crippen LogP contribution >= 0.6 is 24.0 Å². The van der Waals surface area contributed by atoms with E-state index in [1.165, 1.54) is 37.7 Å². The Bertz CT molecular complexity index is 488. The Morgan fingerprint density at radius 3 is 2.48 bits per heavy atom. The molecule has 0 bridgehead atoms. The summed E-state index contributed by atoms with van der Waals surface area (Å²) in [6.45, 7) is 4.90. The van der Waals surface area contributed by atoms with Gasteiger partial charge in [-0.25, -0.2) is 0 Å². The number of ether oxygens (including phenoxy) is 2. The highest BCUT2D eigenvalue weighted by Gasteiger charge is 2.14. The van der Waals surface area contributed by atoms with Crippen LogP contribution in [0.1, 0.15) is 44.6 Å². The van der Waals surface area contributed by atoms with Crippen molar-refractivity contribution < 1.29 is 9.47 Å². The van der Waals surface area contributed by atoms with Crippen molar-refractivity contribution in [3.63, 3.8) is 0 Å². The number of benzene rings is 1. The SMILES string of the molecule is CCOCCNC(=NC)NCc1ccc(OC2CCCCC2)cc1.I. The first-order valence-electron chi connectivity index (χ1n) is 9.09. The Morgan fingerprint density at radius 2 is 1.84 bits per heavy atom. The standard InChI is InChI=1S/C19H31N3O2.HI/c1-3-23-14-13-21-19(20-2)22-15-16-9-11-18(12-10-16)24-17-7-5-4-6-8-17;/h9-12,17H,3-8,13-15H2,1-2H3,(H2,20,21,22);1H. The van der Waals surface area contributed by atoms with Crippen LogP contribution in [0.25, 0.3) is 0 Å². The number of rotatable bonds is 8. The van der Waals surface area contributed by atoms with E-state index in [9.17, 15) is 0 Å². The second-order valence-electron chi connectivity index (χ2n) is 6.07. The molecule has 0 spiro atoms. The minimum absolute atomic E-state index is 0. The van der Waals surface area contributed by atoms with Crippen molar-refractivity contribution in [1.29, 1.82) is 0 Å². The minimum Gasteiger partial charge on any atom is -0.490 e. The lowest BCUT2D eigenvalue weighted by Crippen LogP contribution is -2.38. The minimum atomic E-state index is 0. The van der Waals surface area contributed by atoms with Gasteiger partial charge in [-0.2, -0.15) is 0 Å². The molecular weight excluding hydrogens is 429 g/mol. The maximum atomic E-state index is 6.06. The lowest BCUT2D eigenvalue weighted by atomic mass is 9.98. The summed E-state index contributed by atoms with van der Waals surface area (Å²) < 4.78 is 11.4. The highest BCUT2D eigenvalue weighted by atomic mass is 127. The largest absolute Gasteiger partial charge is 0.490 e. The summed E-state index contributed by atoms with van der Waals surface area (Å²) in [6, 6.07) is 8.35. The van der Waals surface area contributed by atoms with Gasteiger partial charge in [-0.1, -0.05) is 18.6 Å². The highest BCUT2D eigenvalue weighted by molar-refractivity contribution is 14.0. The van der Waals surface area contributed by atoms with E-state index in [1.54, 1.807) is 7.05 Å². The Morgan fingerprint density at radius 1 is 1.12 bits per heavy atom. The van der Waals surface area contributed by atoms with Crippen LogP contribution in [-0.4, -0.2) is 38.9 Å². The number of halogens is 1. The smallest absolute Gasteiger partial charge is 0.191 e. The molecule has 1 aromatic rings. The van der Waals surface area contributed by atoms with Gasteiger partial charge in [0.2, 0.25) is 0 Å². The van der Waals surface area contributed by atoms with Gasteiger partial charge in [-0.3, -0.25) is 4.99 Å². The van der Waals surface area contributed by atoms with E-state index in [4.69, 9.17) is 9.47 Å². The summed E-state index contributed by atoms with van der Waals surface area (Å²) in [7, 11) is 1.77. The van der Waals surface area contributed by atoms with Crippen LogP contribution in [0.15, 0.2) is 29.3 Å². The molecule has 0 unspecified atom stereocenters. The quantitative estimate of drug-likeness (QED) is 0.268. The first kappa shape index (κ1) is 22.0. The van der Waals surface area contributed by atoms with E-state index in [2.05, 4.69) is 39.9 Å². The lowest BCUT2D eigenvalue weighted by Gasteiger charge is -2.23. The zero-order chi connectivity index (χ0) is 17.0. The molecule has 1 aliphatic rings. The highest BCUT2D eigenvalue weighted by Crippen LogP contribution is 2.23. The predicted octanol–water partition coefficient (Wildman–Crippen LogP) is 3.72. The zero-order valence-electron chi connectivity index (χ0n) is 15.4. The van der Waals surface area contributed by atoms with E-state index in [1.807, 2.05) is 6.92 Å². The van der Waals surface area contributed by atoms with Gasteiger partial charge >= 0.3 is 0 Å². The molecule has 1 aromatic carbocycles. The topological polar surface area (TPSA) is 54.9 Å². The van der Waals surface area contributed by atoms with Crippen molar-refractivity contribution in [2.24, 2.45) is 4.99 Å². The van der Waals surface area contributed by atoms with Crippen molar-refractivity contribution in [3.05, 3.63) is 29.8 Å². The zero-order valence-corrected chi connectivity index (χ0v) is 17.8. The molecule has 2 rings (SSSR count). The summed E-state index contributed by atoms with van der Waals surface area (Å²) >= 11 is 0. The molecular formula is C19H32IN3O2. The molecule has 1 saturated carbocycles. The first-order chi connectivity index (χ1) is 11.8. The van der Waals surface area contributed by atoms with Crippen LogP contribution in [0.3, 0.4) is 0 Å². The third-order valence-electron chi connectivity index (χ3n) is 4.20. The van der Waals surface area contributed by atoms with Crippen LogP contribution in [0.2, 0.25) is 0 Å². The van der Waals surface area contributed by atoms with Crippen molar-refractivity contribution in [2.75, 3.05) is 26.8 Å². The molecule has 1 aliphatic carbocycles. The number of nitrogens with one attached hydrogen (secondary N) is 2. The summed E-state index contributed by atoms with van der Waals surface area (Å²) in [5.74, 6) is 1.77. The maximum absolute atomic E-state index is 6.06. The van der Waals surface area contributed by atoms with E-state index < -0.39 is 0 Å². The molecule has 6 heteroatoms. The third-order valence-corrected chi connectivity index (χ3v) is 4.20. The number of hydrogen-bond donors (Lipinski definition) is 2. The molecule has 0 radical (unpaired) electrons. The fraction of sp³-hybridized carbons (Fsp3) is 0.632. The van der Waals surface area contributed by atoms with Crippen molar-refractivity contribution >= 4 is 29.9 Å². The molecule has 0 heterocycles. The fourth-order valence-corrected chi connectivity index (χ4v) is 2.85. The number of nitrogens with zero attached hydrogens (tertiary/aromatic N) is 1. The first-order valence-corrected chi connectivity index (χ1v) is 9.09. The third kappa shape index (κ3) is 8.76.